The molecule has 0 aliphatic heterocycles. The quantitative estimate of drug-likeness (QED) is 0.654. The van der Waals surface area contributed by atoms with Crippen molar-refractivity contribution in [3.63, 3.8) is 0 Å². The van der Waals surface area contributed by atoms with Gasteiger partial charge in [-0.25, -0.2) is 4.79 Å². The second kappa shape index (κ2) is 7.19. The fourth-order valence-corrected chi connectivity index (χ4v) is 1.70. The first kappa shape index (κ1) is 14.7. The molecule has 1 N–H and O–H groups in total. The van der Waals surface area contributed by atoms with Crippen LogP contribution in [0.15, 0.2) is 48.5 Å². The highest BCUT2D eigenvalue weighted by Crippen LogP contribution is 2.26. The first-order valence-corrected chi connectivity index (χ1v) is 6.42. The normalized spacial score (nSPS) is 9.95. The van der Waals surface area contributed by atoms with Gasteiger partial charge in [-0.2, -0.15) is 0 Å². The summed E-state index contributed by atoms with van der Waals surface area (Å²) in [5.41, 5.74) is 0.310. The molecule has 21 heavy (non-hydrogen) atoms. The van der Waals surface area contributed by atoms with Gasteiger partial charge in [0.2, 0.25) is 0 Å². The van der Waals surface area contributed by atoms with Gasteiger partial charge in [-0.05, 0) is 30.3 Å². The maximum atomic E-state index is 11.8. The molecule has 5 nitrogen and oxygen atoms in total. The molecule has 110 valence electrons. The van der Waals surface area contributed by atoms with Crippen LogP contribution in [0.5, 0.6) is 17.2 Å². The minimum absolute atomic E-state index is 0.0264. The third-order valence-corrected chi connectivity index (χ3v) is 2.74. The minimum atomic E-state index is -0.495. The van der Waals surface area contributed by atoms with Crippen molar-refractivity contribution in [2.45, 2.75) is 0 Å². The lowest BCUT2D eigenvalue weighted by molar-refractivity contribution is 0.0450. The molecule has 0 aliphatic carbocycles. The average molecular weight is 288 g/mol. The van der Waals surface area contributed by atoms with Gasteiger partial charge in [0.05, 0.1) is 12.7 Å². The maximum absolute atomic E-state index is 11.8. The summed E-state index contributed by atoms with van der Waals surface area (Å²) in [4.78, 5) is 11.8. The number of carbonyl (C=O) groups excluding carboxylic acids is 1. The molecule has 0 unspecified atom stereocenters. The molecule has 5 heteroatoms. The van der Waals surface area contributed by atoms with Crippen molar-refractivity contribution in [1.82, 2.24) is 0 Å². The van der Waals surface area contributed by atoms with Crippen LogP contribution in [-0.4, -0.2) is 31.4 Å². The highest BCUT2D eigenvalue weighted by molar-refractivity contribution is 5.90. The number of esters is 1. The summed E-state index contributed by atoms with van der Waals surface area (Å²) in [7, 11) is 1.41. The summed E-state index contributed by atoms with van der Waals surface area (Å²) in [6.07, 6.45) is 0. The van der Waals surface area contributed by atoms with Crippen LogP contribution in [0.1, 0.15) is 10.4 Å². The summed E-state index contributed by atoms with van der Waals surface area (Å²) < 4.78 is 15.4. The van der Waals surface area contributed by atoms with E-state index in [9.17, 15) is 9.90 Å². The fraction of sp³-hybridized carbons (Fsp3) is 0.188. The molecular weight excluding hydrogens is 272 g/mol. The van der Waals surface area contributed by atoms with E-state index in [-0.39, 0.29) is 24.7 Å². The molecule has 0 amide bonds. The number of rotatable bonds is 6. The predicted molar refractivity (Wildman–Crippen MR) is 76.9 cm³/mol. The van der Waals surface area contributed by atoms with Crippen LogP contribution in [0.4, 0.5) is 0 Å². The first-order chi connectivity index (χ1) is 10.2. The van der Waals surface area contributed by atoms with E-state index in [0.717, 1.165) is 5.75 Å². The van der Waals surface area contributed by atoms with Gasteiger partial charge in [-0.1, -0.05) is 18.2 Å². The Morgan fingerprint density at radius 3 is 2.57 bits per heavy atom. The summed E-state index contributed by atoms with van der Waals surface area (Å²) >= 11 is 0. The van der Waals surface area contributed by atoms with Crippen molar-refractivity contribution in [3.8, 4) is 17.2 Å². The van der Waals surface area contributed by atoms with Crippen LogP contribution in [0.25, 0.3) is 0 Å². The Hall–Kier alpha value is -2.69. The number of para-hydroxylation sites is 1. The Morgan fingerprint density at radius 2 is 1.86 bits per heavy atom. The summed E-state index contributed by atoms with van der Waals surface area (Å²) in [5, 5.41) is 9.46. The van der Waals surface area contributed by atoms with E-state index in [1.54, 1.807) is 0 Å². The number of phenols is 1. The van der Waals surface area contributed by atoms with Crippen LogP contribution >= 0.6 is 0 Å². The zero-order valence-corrected chi connectivity index (χ0v) is 11.6. The van der Waals surface area contributed by atoms with Crippen molar-refractivity contribution >= 4 is 5.97 Å². The standard InChI is InChI=1S/C16H16O5/c1-19-15-11-12(7-8-14(15)17)16(18)21-10-9-20-13-5-3-2-4-6-13/h2-8,11,17H,9-10H2,1H3. The van der Waals surface area contributed by atoms with Gasteiger partial charge in [-0.3, -0.25) is 0 Å². The first-order valence-electron chi connectivity index (χ1n) is 6.42. The molecule has 0 atom stereocenters. The van der Waals surface area contributed by atoms with E-state index in [4.69, 9.17) is 14.2 Å². The maximum Gasteiger partial charge on any atom is 0.338 e. The van der Waals surface area contributed by atoms with E-state index in [1.165, 1.54) is 25.3 Å². The second-order valence-electron chi connectivity index (χ2n) is 4.18. The van der Waals surface area contributed by atoms with Crippen molar-refractivity contribution in [1.29, 1.82) is 0 Å². The molecule has 2 aromatic carbocycles. The number of hydrogen-bond donors (Lipinski definition) is 1. The van der Waals surface area contributed by atoms with E-state index in [1.807, 2.05) is 30.3 Å². The zero-order valence-electron chi connectivity index (χ0n) is 11.6. The van der Waals surface area contributed by atoms with Crippen LogP contribution in [-0.2, 0) is 4.74 Å². The smallest absolute Gasteiger partial charge is 0.338 e. The monoisotopic (exact) mass is 288 g/mol. The Bertz CT molecular complexity index is 595. The second-order valence-corrected chi connectivity index (χ2v) is 4.18. The Kier molecular flexibility index (Phi) is 5.04. The Labute approximate surface area is 122 Å². The SMILES string of the molecule is COc1cc(C(=O)OCCOc2ccccc2)ccc1O. The molecule has 0 saturated heterocycles. The number of aromatic hydroxyl groups is 1. The summed E-state index contributed by atoms with van der Waals surface area (Å²) in [6.45, 7) is 0.405. The highest BCUT2D eigenvalue weighted by atomic mass is 16.6. The van der Waals surface area contributed by atoms with Crippen LogP contribution < -0.4 is 9.47 Å². The highest BCUT2D eigenvalue weighted by Gasteiger charge is 2.10. The topological polar surface area (TPSA) is 65.0 Å². The molecule has 2 rings (SSSR count). The third kappa shape index (κ3) is 4.14. The van der Waals surface area contributed by atoms with Gasteiger partial charge >= 0.3 is 5.97 Å². The lowest BCUT2D eigenvalue weighted by Crippen LogP contribution is -2.12. The predicted octanol–water partition coefficient (Wildman–Crippen LogP) is 2.64. The van der Waals surface area contributed by atoms with Gasteiger partial charge in [0.25, 0.3) is 0 Å². The molecule has 0 aromatic heterocycles. The van der Waals surface area contributed by atoms with Crippen molar-refractivity contribution in [2.24, 2.45) is 0 Å². The Morgan fingerprint density at radius 1 is 1.10 bits per heavy atom. The van der Waals surface area contributed by atoms with Crippen LogP contribution in [0.3, 0.4) is 0 Å². The number of carbonyl (C=O) groups is 1. The lowest BCUT2D eigenvalue weighted by atomic mass is 10.2. The summed E-state index contributed by atoms with van der Waals surface area (Å²) in [6, 6.07) is 13.6. The minimum Gasteiger partial charge on any atom is -0.504 e. The molecule has 0 heterocycles. The zero-order chi connectivity index (χ0) is 15.1. The molecule has 0 radical (unpaired) electrons. The number of methoxy groups -OCH3 is 1. The van der Waals surface area contributed by atoms with Gasteiger partial charge in [0.15, 0.2) is 11.5 Å². The van der Waals surface area contributed by atoms with E-state index in [2.05, 4.69) is 0 Å². The Balaban J connectivity index is 1.82. The van der Waals surface area contributed by atoms with Crippen LogP contribution in [0, 0.1) is 0 Å². The van der Waals surface area contributed by atoms with E-state index < -0.39 is 5.97 Å². The molecular formula is C16H16O5. The fourth-order valence-electron chi connectivity index (χ4n) is 1.70. The van der Waals surface area contributed by atoms with Crippen molar-refractivity contribution in [2.75, 3.05) is 20.3 Å². The molecule has 0 bridgehead atoms. The number of benzene rings is 2. The van der Waals surface area contributed by atoms with Gasteiger partial charge < -0.3 is 19.3 Å². The molecule has 0 aliphatic rings. The van der Waals surface area contributed by atoms with Crippen molar-refractivity contribution < 1.29 is 24.1 Å². The van der Waals surface area contributed by atoms with E-state index >= 15 is 0 Å². The molecule has 0 saturated carbocycles. The lowest BCUT2D eigenvalue weighted by Gasteiger charge is -2.08. The third-order valence-electron chi connectivity index (χ3n) is 2.74. The number of phenolic OH excluding ortho intramolecular Hbond substituents is 1. The van der Waals surface area contributed by atoms with E-state index in [0.29, 0.717) is 5.56 Å². The van der Waals surface area contributed by atoms with Crippen molar-refractivity contribution in [3.05, 3.63) is 54.1 Å². The molecule has 2 aromatic rings. The molecule has 0 spiro atoms. The number of ether oxygens (including phenoxy) is 3. The summed E-state index contributed by atoms with van der Waals surface area (Å²) in [5.74, 6) is 0.427. The van der Waals surface area contributed by atoms with Gasteiger partial charge in [-0.15, -0.1) is 0 Å². The van der Waals surface area contributed by atoms with Crippen LogP contribution in [0.2, 0.25) is 0 Å². The van der Waals surface area contributed by atoms with Gasteiger partial charge in [0, 0.05) is 0 Å². The largest absolute Gasteiger partial charge is 0.504 e. The average Bonchev–Trinajstić information content (AvgIpc) is 2.53. The number of hydrogen-bond acceptors (Lipinski definition) is 5. The van der Waals surface area contributed by atoms with Gasteiger partial charge in [0.1, 0.15) is 19.0 Å². The molecule has 0 fully saturated rings.